The zero-order valence-corrected chi connectivity index (χ0v) is 14.2. The molecule has 25 heavy (non-hydrogen) atoms. The van der Waals surface area contributed by atoms with Crippen LogP contribution in [0.1, 0.15) is 34.6 Å². The minimum Gasteiger partial charge on any atom is -0.459 e. The van der Waals surface area contributed by atoms with Crippen molar-refractivity contribution < 1.29 is 14.1 Å². The average Bonchev–Trinajstić information content (AvgIpc) is 3.03. The van der Waals surface area contributed by atoms with E-state index in [0.717, 1.165) is 11.0 Å². The number of carbonyl (C=O) groups is 1. The number of nitro benzene ring substituents is 1. The third-order valence-corrected chi connectivity index (χ3v) is 4.41. The third kappa shape index (κ3) is 2.98. The van der Waals surface area contributed by atoms with Gasteiger partial charge in [0, 0.05) is 18.0 Å². The number of nitrogens with zero attached hydrogens (tertiary/aromatic N) is 2. The first-order valence-corrected chi connectivity index (χ1v) is 7.89. The van der Waals surface area contributed by atoms with Gasteiger partial charge in [0.15, 0.2) is 0 Å². The van der Waals surface area contributed by atoms with E-state index in [1.54, 1.807) is 26.1 Å². The number of amides is 1. The summed E-state index contributed by atoms with van der Waals surface area (Å²) in [6, 6.07) is 13.9. The number of carbonyl (C=O) groups excluding carboxylic acids is 1. The number of para-hydroxylation sites is 2. The van der Waals surface area contributed by atoms with Crippen LogP contribution in [0.15, 0.2) is 52.9 Å². The molecule has 3 aromatic rings. The van der Waals surface area contributed by atoms with Crippen LogP contribution in [0, 0.1) is 17.0 Å². The van der Waals surface area contributed by atoms with E-state index < -0.39 is 10.8 Å². The molecular formula is C19H18N2O4. The fraction of sp³-hybridized carbons (Fsp3) is 0.211. The van der Waals surface area contributed by atoms with Gasteiger partial charge in [0.05, 0.1) is 11.0 Å². The fourth-order valence-electron chi connectivity index (χ4n) is 2.84. The first kappa shape index (κ1) is 16.7. The van der Waals surface area contributed by atoms with Crippen molar-refractivity contribution in [2.75, 3.05) is 7.05 Å². The SMILES string of the molecule is Cc1cccc(C(=O)N(C)[C@@H](C)c2cc3ccccc3o2)c1[N+](=O)[O-]. The molecule has 0 N–H and O–H groups in total. The number of aryl methyl sites for hydroxylation is 1. The number of hydrogen-bond acceptors (Lipinski definition) is 4. The van der Waals surface area contributed by atoms with Gasteiger partial charge in [-0.3, -0.25) is 14.9 Å². The van der Waals surface area contributed by atoms with E-state index in [9.17, 15) is 14.9 Å². The van der Waals surface area contributed by atoms with Crippen LogP contribution in [-0.4, -0.2) is 22.8 Å². The Kier molecular flexibility index (Phi) is 4.27. The lowest BCUT2D eigenvalue weighted by molar-refractivity contribution is -0.385. The summed E-state index contributed by atoms with van der Waals surface area (Å²) < 4.78 is 5.81. The number of benzene rings is 2. The molecule has 1 aromatic heterocycles. The van der Waals surface area contributed by atoms with Crippen molar-refractivity contribution in [1.82, 2.24) is 4.90 Å². The maximum absolute atomic E-state index is 12.8. The predicted octanol–water partition coefficient (Wildman–Crippen LogP) is 4.48. The van der Waals surface area contributed by atoms with Crippen LogP contribution in [0.5, 0.6) is 0 Å². The van der Waals surface area contributed by atoms with Gasteiger partial charge in [-0.05, 0) is 32.0 Å². The second-order valence-corrected chi connectivity index (χ2v) is 6.01. The summed E-state index contributed by atoms with van der Waals surface area (Å²) in [5.41, 5.74) is 1.12. The van der Waals surface area contributed by atoms with Gasteiger partial charge in [0.2, 0.25) is 0 Å². The van der Waals surface area contributed by atoms with Crippen LogP contribution in [0.3, 0.4) is 0 Å². The van der Waals surface area contributed by atoms with E-state index >= 15 is 0 Å². The highest BCUT2D eigenvalue weighted by Crippen LogP contribution is 2.30. The molecule has 0 fully saturated rings. The van der Waals surface area contributed by atoms with Crippen molar-refractivity contribution in [2.45, 2.75) is 19.9 Å². The van der Waals surface area contributed by atoms with Gasteiger partial charge in [-0.1, -0.05) is 30.3 Å². The van der Waals surface area contributed by atoms with E-state index in [1.807, 2.05) is 37.3 Å². The highest BCUT2D eigenvalue weighted by molar-refractivity contribution is 5.98. The molecular weight excluding hydrogens is 320 g/mol. The van der Waals surface area contributed by atoms with Crippen LogP contribution in [0.4, 0.5) is 5.69 Å². The summed E-state index contributed by atoms with van der Waals surface area (Å²) in [4.78, 5) is 25.1. The lowest BCUT2D eigenvalue weighted by Crippen LogP contribution is -2.30. The Labute approximate surface area is 144 Å². The van der Waals surface area contributed by atoms with Gasteiger partial charge in [-0.2, -0.15) is 0 Å². The van der Waals surface area contributed by atoms with Gasteiger partial charge in [-0.15, -0.1) is 0 Å². The molecule has 0 saturated heterocycles. The lowest BCUT2D eigenvalue weighted by atomic mass is 10.1. The molecule has 0 aliphatic carbocycles. The average molecular weight is 338 g/mol. The van der Waals surface area contributed by atoms with Crippen LogP contribution in [-0.2, 0) is 0 Å². The van der Waals surface area contributed by atoms with Crippen molar-refractivity contribution in [3.63, 3.8) is 0 Å². The molecule has 2 aromatic carbocycles. The minimum absolute atomic E-state index is 0.0791. The molecule has 1 heterocycles. The second-order valence-electron chi connectivity index (χ2n) is 6.01. The molecule has 1 atom stereocenters. The van der Waals surface area contributed by atoms with Gasteiger partial charge in [0.1, 0.15) is 16.9 Å². The molecule has 0 radical (unpaired) electrons. The molecule has 6 heteroatoms. The molecule has 0 saturated carbocycles. The largest absolute Gasteiger partial charge is 0.459 e. The number of rotatable bonds is 4. The monoisotopic (exact) mass is 338 g/mol. The summed E-state index contributed by atoms with van der Waals surface area (Å²) in [6.45, 7) is 3.45. The van der Waals surface area contributed by atoms with Crippen LogP contribution in [0.25, 0.3) is 11.0 Å². The van der Waals surface area contributed by atoms with E-state index in [1.165, 1.54) is 11.0 Å². The number of nitro groups is 1. The Bertz CT molecular complexity index is 928. The van der Waals surface area contributed by atoms with Gasteiger partial charge >= 0.3 is 0 Å². The zero-order valence-electron chi connectivity index (χ0n) is 14.2. The normalized spacial score (nSPS) is 12.1. The molecule has 0 aliphatic heterocycles. The van der Waals surface area contributed by atoms with Crippen molar-refractivity contribution in [2.24, 2.45) is 0 Å². The second kappa shape index (κ2) is 6.39. The minimum atomic E-state index is -0.512. The summed E-state index contributed by atoms with van der Waals surface area (Å²) in [5.74, 6) is 0.218. The molecule has 6 nitrogen and oxygen atoms in total. The van der Waals surface area contributed by atoms with Crippen molar-refractivity contribution in [3.05, 3.63) is 75.5 Å². The molecule has 0 bridgehead atoms. The fourth-order valence-corrected chi connectivity index (χ4v) is 2.84. The smallest absolute Gasteiger partial charge is 0.285 e. The summed E-state index contributed by atoms with van der Waals surface area (Å²) in [5, 5.41) is 12.3. The van der Waals surface area contributed by atoms with Gasteiger partial charge in [-0.25, -0.2) is 0 Å². The van der Waals surface area contributed by atoms with Gasteiger partial charge in [0.25, 0.3) is 11.6 Å². The molecule has 0 aliphatic rings. The van der Waals surface area contributed by atoms with E-state index in [-0.39, 0.29) is 17.3 Å². The quantitative estimate of drug-likeness (QED) is 0.519. The van der Waals surface area contributed by atoms with Crippen molar-refractivity contribution in [1.29, 1.82) is 0 Å². The van der Waals surface area contributed by atoms with Crippen molar-refractivity contribution in [3.8, 4) is 0 Å². The molecule has 3 rings (SSSR count). The van der Waals surface area contributed by atoms with Crippen LogP contribution in [0.2, 0.25) is 0 Å². The Morgan fingerprint density at radius 2 is 1.92 bits per heavy atom. The van der Waals surface area contributed by atoms with E-state index in [0.29, 0.717) is 11.3 Å². The number of fused-ring (bicyclic) bond motifs is 1. The highest BCUT2D eigenvalue weighted by Gasteiger charge is 2.28. The predicted molar refractivity (Wildman–Crippen MR) is 94.6 cm³/mol. The maximum Gasteiger partial charge on any atom is 0.285 e. The Hall–Kier alpha value is -3.15. The first-order valence-electron chi connectivity index (χ1n) is 7.89. The Balaban J connectivity index is 1.95. The topological polar surface area (TPSA) is 76.6 Å². The van der Waals surface area contributed by atoms with E-state index in [4.69, 9.17) is 4.42 Å². The summed E-state index contributed by atoms with van der Waals surface area (Å²) >= 11 is 0. The third-order valence-electron chi connectivity index (χ3n) is 4.41. The Morgan fingerprint density at radius 3 is 2.60 bits per heavy atom. The maximum atomic E-state index is 12.8. The Morgan fingerprint density at radius 1 is 1.20 bits per heavy atom. The molecule has 128 valence electrons. The van der Waals surface area contributed by atoms with Crippen LogP contribution < -0.4 is 0 Å². The van der Waals surface area contributed by atoms with Crippen molar-refractivity contribution >= 4 is 22.6 Å². The highest BCUT2D eigenvalue weighted by atomic mass is 16.6. The lowest BCUT2D eigenvalue weighted by Gasteiger charge is -2.23. The summed E-state index contributed by atoms with van der Waals surface area (Å²) in [6.07, 6.45) is 0. The molecule has 0 spiro atoms. The molecule has 1 amide bonds. The standard InChI is InChI=1S/C19H18N2O4/c1-12-7-6-9-15(18(12)21(23)24)19(22)20(3)13(2)17-11-14-8-4-5-10-16(14)25-17/h4-11,13H,1-3H3/t13-/m0/s1. The first-order chi connectivity index (χ1) is 11.9. The van der Waals surface area contributed by atoms with E-state index in [2.05, 4.69) is 0 Å². The zero-order chi connectivity index (χ0) is 18.1. The molecule has 0 unspecified atom stereocenters. The van der Waals surface area contributed by atoms with Crippen LogP contribution >= 0.6 is 0 Å². The number of furan rings is 1. The van der Waals surface area contributed by atoms with Gasteiger partial charge < -0.3 is 9.32 Å². The number of hydrogen-bond donors (Lipinski definition) is 0. The summed E-state index contributed by atoms with van der Waals surface area (Å²) in [7, 11) is 1.62.